The van der Waals surface area contributed by atoms with Gasteiger partial charge in [0.2, 0.25) is 0 Å². The van der Waals surface area contributed by atoms with Gasteiger partial charge >= 0.3 is 0 Å². The Hall–Kier alpha value is -0.810. The van der Waals surface area contributed by atoms with Crippen molar-refractivity contribution in [3.05, 3.63) is 33.8 Å². The summed E-state index contributed by atoms with van der Waals surface area (Å²) in [6, 6.07) is 2.40. The van der Waals surface area contributed by atoms with E-state index >= 15 is 0 Å². The second kappa shape index (κ2) is 5.29. The highest BCUT2D eigenvalue weighted by Crippen LogP contribution is 2.39. The van der Waals surface area contributed by atoms with Gasteiger partial charge in [-0.25, -0.2) is 8.78 Å². The first-order valence-corrected chi connectivity index (χ1v) is 7.08. The molecule has 2 nitrogen and oxygen atoms in total. The average molecular weight is 332 g/mol. The lowest BCUT2D eigenvalue weighted by Crippen LogP contribution is -2.39. The van der Waals surface area contributed by atoms with Crippen LogP contribution in [0.4, 0.5) is 8.78 Å². The summed E-state index contributed by atoms with van der Waals surface area (Å²) in [4.78, 5) is 12.7. The van der Waals surface area contributed by atoms with E-state index in [1.54, 1.807) is 0 Å². The van der Waals surface area contributed by atoms with Crippen LogP contribution in [0.5, 0.6) is 0 Å². The molecule has 0 aromatic heterocycles. The molecular weight excluding hydrogens is 316 g/mol. The summed E-state index contributed by atoms with van der Waals surface area (Å²) in [5.74, 6) is -2.02. The Kier molecular flexibility index (Phi) is 4.06. The number of nitrogens with one attached hydrogen (secondary N) is 1. The first kappa shape index (κ1) is 14.6. The van der Waals surface area contributed by atoms with Crippen molar-refractivity contribution in [3.8, 4) is 0 Å². The molecule has 2 rings (SSSR count). The minimum absolute atomic E-state index is 0.0211. The Morgan fingerprint density at radius 2 is 2.11 bits per heavy atom. The second-order valence-corrected chi connectivity index (χ2v) is 6.14. The van der Waals surface area contributed by atoms with Crippen molar-refractivity contribution in [1.82, 2.24) is 5.32 Å². The fraction of sp³-hybridized carbons (Fsp3) is 0.500. The van der Waals surface area contributed by atoms with Gasteiger partial charge in [0.05, 0.1) is 10.0 Å². The predicted octanol–water partition coefficient (Wildman–Crippen LogP) is 3.55. The summed E-state index contributed by atoms with van der Waals surface area (Å²) in [7, 11) is 0. The molecule has 0 bridgehead atoms. The molecule has 0 aliphatic carbocycles. The van der Waals surface area contributed by atoms with Gasteiger partial charge in [-0.3, -0.25) is 4.79 Å². The van der Waals surface area contributed by atoms with Gasteiger partial charge < -0.3 is 5.32 Å². The zero-order valence-electron chi connectivity index (χ0n) is 10.9. The molecular formula is C14H16BrF2NO. The third-order valence-corrected chi connectivity index (χ3v) is 4.63. The van der Waals surface area contributed by atoms with E-state index in [1.165, 1.54) is 6.07 Å². The summed E-state index contributed by atoms with van der Waals surface area (Å²) in [6.07, 6.45) is 0.606. The van der Waals surface area contributed by atoms with Crippen molar-refractivity contribution in [3.63, 3.8) is 0 Å². The summed E-state index contributed by atoms with van der Waals surface area (Å²) < 4.78 is 28.1. The lowest BCUT2D eigenvalue weighted by molar-refractivity contribution is 0.0730. The quantitative estimate of drug-likeness (QED) is 0.678. The van der Waals surface area contributed by atoms with Crippen LogP contribution in [0.25, 0.3) is 0 Å². The molecule has 19 heavy (non-hydrogen) atoms. The number of benzene rings is 1. The third kappa shape index (κ3) is 2.34. The number of ketones is 1. The topological polar surface area (TPSA) is 29.1 Å². The maximum absolute atomic E-state index is 14.1. The predicted molar refractivity (Wildman–Crippen MR) is 73.1 cm³/mol. The van der Waals surface area contributed by atoms with E-state index < -0.39 is 28.4 Å². The van der Waals surface area contributed by atoms with Gasteiger partial charge in [0.15, 0.2) is 11.6 Å². The molecule has 104 valence electrons. The number of rotatable bonds is 3. The van der Waals surface area contributed by atoms with E-state index in [-0.39, 0.29) is 10.4 Å². The van der Waals surface area contributed by atoms with E-state index in [0.717, 1.165) is 6.07 Å². The SMILES string of the molecule is CC(C)C1(C(=O)c2c(F)ccc(Br)c2F)CCNC1. The fourth-order valence-electron chi connectivity index (χ4n) is 2.64. The Morgan fingerprint density at radius 3 is 2.63 bits per heavy atom. The minimum Gasteiger partial charge on any atom is -0.316 e. The molecule has 1 unspecified atom stereocenters. The van der Waals surface area contributed by atoms with Gasteiger partial charge in [0.1, 0.15) is 5.82 Å². The summed E-state index contributed by atoms with van der Waals surface area (Å²) in [5, 5.41) is 3.12. The van der Waals surface area contributed by atoms with E-state index in [2.05, 4.69) is 21.2 Å². The minimum atomic E-state index is -0.808. The molecule has 1 N–H and O–H groups in total. The van der Waals surface area contributed by atoms with Crippen molar-refractivity contribution in [2.45, 2.75) is 20.3 Å². The van der Waals surface area contributed by atoms with Gasteiger partial charge in [0.25, 0.3) is 0 Å². The van der Waals surface area contributed by atoms with E-state index in [9.17, 15) is 13.6 Å². The molecule has 1 saturated heterocycles. The molecule has 0 amide bonds. The highest BCUT2D eigenvalue weighted by atomic mass is 79.9. The number of hydrogen-bond acceptors (Lipinski definition) is 2. The molecule has 5 heteroatoms. The molecule has 1 aliphatic rings. The van der Waals surface area contributed by atoms with Gasteiger partial charge in [-0.15, -0.1) is 0 Å². The Morgan fingerprint density at radius 1 is 1.42 bits per heavy atom. The molecule has 1 atom stereocenters. The van der Waals surface area contributed by atoms with Gasteiger partial charge in [-0.05, 0) is 46.9 Å². The first-order valence-electron chi connectivity index (χ1n) is 6.29. The van der Waals surface area contributed by atoms with Crippen LogP contribution >= 0.6 is 15.9 Å². The Balaban J connectivity index is 2.52. The number of carbonyl (C=O) groups is 1. The van der Waals surface area contributed by atoms with Gasteiger partial charge in [-0.2, -0.15) is 0 Å². The van der Waals surface area contributed by atoms with Crippen LogP contribution in [-0.4, -0.2) is 18.9 Å². The van der Waals surface area contributed by atoms with Crippen molar-refractivity contribution < 1.29 is 13.6 Å². The summed E-state index contributed by atoms with van der Waals surface area (Å²) in [6.45, 7) is 4.99. The van der Waals surface area contributed by atoms with E-state index in [1.807, 2.05) is 13.8 Å². The van der Waals surface area contributed by atoms with Crippen molar-refractivity contribution in [2.24, 2.45) is 11.3 Å². The van der Waals surface area contributed by atoms with Crippen LogP contribution in [0.15, 0.2) is 16.6 Å². The van der Waals surface area contributed by atoms with Crippen LogP contribution in [0, 0.1) is 23.0 Å². The van der Waals surface area contributed by atoms with Crippen LogP contribution < -0.4 is 5.32 Å². The Labute approximate surface area is 119 Å². The number of carbonyl (C=O) groups excluding carboxylic acids is 1. The smallest absolute Gasteiger partial charge is 0.176 e. The zero-order chi connectivity index (χ0) is 14.2. The van der Waals surface area contributed by atoms with E-state index in [0.29, 0.717) is 19.5 Å². The molecule has 1 aliphatic heterocycles. The number of halogens is 3. The average Bonchev–Trinajstić information content (AvgIpc) is 2.85. The van der Waals surface area contributed by atoms with E-state index in [4.69, 9.17) is 0 Å². The number of hydrogen-bond donors (Lipinski definition) is 1. The first-order chi connectivity index (χ1) is 8.90. The van der Waals surface area contributed by atoms with Crippen molar-refractivity contribution in [2.75, 3.05) is 13.1 Å². The largest absolute Gasteiger partial charge is 0.316 e. The van der Waals surface area contributed by atoms with Crippen molar-refractivity contribution >= 4 is 21.7 Å². The lowest BCUT2D eigenvalue weighted by atomic mass is 9.71. The maximum atomic E-state index is 14.1. The molecule has 0 radical (unpaired) electrons. The van der Waals surface area contributed by atoms with Crippen LogP contribution in [0.3, 0.4) is 0 Å². The zero-order valence-corrected chi connectivity index (χ0v) is 12.5. The molecule has 1 aromatic rings. The molecule has 1 aromatic carbocycles. The third-order valence-electron chi connectivity index (χ3n) is 4.02. The summed E-state index contributed by atoms with van der Waals surface area (Å²) >= 11 is 3.00. The maximum Gasteiger partial charge on any atom is 0.176 e. The Bertz CT molecular complexity index is 510. The number of Topliss-reactive ketones (excluding diaryl/α,β-unsaturated/α-hetero) is 1. The molecule has 0 spiro atoms. The van der Waals surface area contributed by atoms with Gasteiger partial charge in [-0.1, -0.05) is 13.8 Å². The second-order valence-electron chi connectivity index (χ2n) is 5.28. The normalized spacial score (nSPS) is 23.1. The molecule has 0 saturated carbocycles. The van der Waals surface area contributed by atoms with Crippen LogP contribution in [0.1, 0.15) is 30.6 Å². The monoisotopic (exact) mass is 331 g/mol. The van der Waals surface area contributed by atoms with Crippen LogP contribution in [-0.2, 0) is 0 Å². The highest BCUT2D eigenvalue weighted by Gasteiger charge is 2.45. The van der Waals surface area contributed by atoms with Gasteiger partial charge in [0, 0.05) is 12.0 Å². The standard InChI is InChI=1S/C14H16BrF2NO/c1-8(2)14(5-6-18-7-14)13(19)11-10(16)4-3-9(15)12(11)17/h3-4,8,18H,5-7H2,1-2H3. The van der Waals surface area contributed by atoms with Crippen molar-refractivity contribution in [1.29, 1.82) is 0 Å². The van der Waals surface area contributed by atoms with Crippen LogP contribution in [0.2, 0.25) is 0 Å². The lowest BCUT2D eigenvalue weighted by Gasteiger charge is -2.31. The summed E-state index contributed by atoms with van der Waals surface area (Å²) in [5.41, 5.74) is -1.14. The fourth-order valence-corrected chi connectivity index (χ4v) is 2.97. The highest BCUT2D eigenvalue weighted by molar-refractivity contribution is 9.10. The molecule has 1 fully saturated rings. The molecule has 1 heterocycles.